The molecule has 1 atom stereocenters. The van der Waals surface area contributed by atoms with E-state index in [4.69, 9.17) is 13.3 Å². The van der Waals surface area contributed by atoms with Gasteiger partial charge in [-0.2, -0.15) is 0 Å². The van der Waals surface area contributed by atoms with Gasteiger partial charge in [0.2, 0.25) is 0 Å². The lowest BCUT2D eigenvalue weighted by Crippen LogP contribution is -2.17. The lowest BCUT2D eigenvalue weighted by atomic mass is 10.9. The third kappa shape index (κ3) is 6.31. The largest absolute Gasteiger partial charge is 0.422 e. The van der Waals surface area contributed by atoms with E-state index in [0.29, 0.717) is 6.61 Å². The summed E-state index contributed by atoms with van der Waals surface area (Å²) in [7, 11) is -2.59. The fourth-order valence-corrected chi connectivity index (χ4v) is 1.57. The molecule has 8 heavy (non-hydrogen) atoms. The Morgan fingerprint density at radius 3 is 2.75 bits per heavy atom. The van der Waals surface area contributed by atoms with Crippen LogP contribution >= 0.6 is 0 Å². The molecule has 0 aliphatic carbocycles. The molecule has 0 saturated carbocycles. The van der Waals surface area contributed by atoms with Gasteiger partial charge in [0.15, 0.2) is 0 Å². The summed E-state index contributed by atoms with van der Waals surface area (Å²) < 4.78 is 9.83. The van der Waals surface area contributed by atoms with Crippen LogP contribution < -0.4 is 0 Å². The maximum atomic E-state index is 8.65. The van der Waals surface area contributed by atoms with Crippen LogP contribution in [0.3, 0.4) is 0 Å². The van der Waals surface area contributed by atoms with Crippen LogP contribution in [0.25, 0.3) is 0 Å². The molecule has 0 spiro atoms. The third-order valence-corrected chi connectivity index (χ3v) is 3.65. The smallest absolute Gasteiger partial charge is 0.306 e. The van der Waals surface area contributed by atoms with E-state index in [1.54, 1.807) is 6.55 Å². The van der Waals surface area contributed by atoms with Gasteiger partial charge >= 0.3 is 9.28 Å². The van der Waals surface area contributed by atoms with Gasteiger partial charge in [0.25, 0.3) is 10.0 Å². The van der Waals surface area contributed by atoms with Gasteiger partial charge in [-0.05, 0) is 13.5 Å². The van der Waals surface area contributed by atoms with Crippen molar-refractivity contribution in [3.05, 3.63) is 0 Å². The van der Waals surface area contributed by atoms with E-state index in [-0.39, 0.29) is 0 Å². The first-order valence-corrected chi connectivity index (χ1v) is 5.94. The molecule has 0 aromatic heterocycles. The molecule has 3 nitrogen and oxygen atoms in total. The fourth-order valence-electron chi connectivity index (χ4n) is 0.230. The number of hydrogen-bond acceptors (Lipinski definition) is 3. The van der Waals surface area contributed by atoms with Crippen LogP contribution in [0.4, 0.5) is 0 Å². The predicted molar refractivity (Wildman–Crippen MR) is 36.5 cm³/mol. The van der Waals surface area contributed by atoms with Crippen molar-refractivity contribution in [3.8, 4) is 0 Å². The Morgan fingerprint density at radius 1 is 1.75 bits per heavy atom. The van der Waals surface area contributed by atoms with Crippen molar-refractivity contribution in [2.24, 2.45) is 0 Å². The van der Waals surface area contributed by atoms with Gasteiger partial charge < -0.3 is 13.3 Å². The molecule has 0 saturated heterocycles. The highest BCUT2D eigenvalue weighted by atomic mass is 28.4. The molecule has 0 heterocycles. The molecule has 0 radical (unpaired) electrons. The molecule has 0 rings (SSSR count). The maximum absolute atomic E-state index is 8.65. The monoisotopic (exact) mass is 152 g/mol. The summed E-state index contributed by atoms with van der Waals surface area (Å²) in [5.41, 5.74) is 0. The average molecular weight is 152 g/mol. The molecule has 0 fully saturated rings. The molecular weight excluding hydrogens is 140 g/mol. The van der Waals surface area contributed by atoms with Crippen LogP contribution in [0.1, 0.15) is 6.92 Å². The quantitative estimate of drug-likeness (QED) is 0.410. The second-order valence-corrected chi connectivity index (χ2v) is 4.55. The zero-order valence-corrected chi connectivity index (χ0v) is 7.82. The second-order valence-electron chi connectivity index (χ2n) is 1.38. The molecule has 0 aliphatic rings. The first-order chi connectivity index (χ1) is 3.77. The Bertz CT molecular complexity index is 49.8. The molecule has 0 aromatic rings. The molecule has 1 unspecified atom stereocenters. The van der Waals surface area contributed by atoms with Gasteiger partial charge in [-0.15, -0.1) is 0 Å². The van der Waals surface area contributed by atoms with Crippen LogP contribution in [0, 0.1) is 0 Å². The lowest BCUT2D eigenvalue weighted by molar-refractivity contribution is 0.292. The first kappa shape index (κ1) is 8.31. The summed E-state index contributed by atoms with van der Waals surface area (Å²) >= 11 is 0. The summed E-state index contributed by atoms with van der Waals surface area (Å²) in [5.74, 6) is 0. The second kappa shape index (κ2) is 5.45. The summed E-state index contributed by atoms with van der Waals surface area (Å²) in [6.45, 7) is 4.33. The van der Waals surface area contributed by atoms with Crippen LogP contribution in [0.2, 0.25) is 6.55 Å². The SMILES string of the molecule is CCO[SiH2]O[SiH](C)O. The van der Waals surface area contributed by atoms with E-state index < -0.39 is 19.3 Å². The molecule has 1 N–H and O–H groups in total. The van der Waals surface area contributed by atoms with Crippen molar-refractivity contribution < 1.29 is 13.3 Å². The van der Waals surface area contributed by atoms with E-state index in [0.717, 1.165) is 0 Å². The van der Waals surface area contributed by atoms with Crippen molar-refractivity contribution in [1.29, 1.82) is 0 Å². The number of hydrogen-bond donors (Lipinski definition) is 1. The maximum Gasteiger partial charge on any atom is 0.306 e. The highest BCUT2D eigenvalue weighted by Crippen LogP contribution is 1.76. The minimum Gasteiger partial charge on any atom is -0.422 e. The summed E-state index contributed by atoms with van der Waals surface area (Å²) in [6.07, 6.45) is 0. The normalized spacial score (nSPS) is 15.4. The summed E-state index contributed by atoms with van der Waals surface area (Å²) in [6, 6.07) is 0. The van der Waals surface area contributed by atoms with Crippen molar-refractivity contribution in [2.75, 3.05) is 6.61 Å². The van der Waals surface area contributed by atoms with Gasteiger partial charge in [-0.3, -0.25) is 0 Å². The Hall–Kier alpha value is 0.314. The van der Waals surface area contributed by atoms with Crippen LogP contribution in [0.15, 0.2) is 0 Å². The highest BCUT2D eigenvalue weighted by Gasteiger charge is 1.95. The minimum absolute atomic E-state index is 0.702. The van der Waals surface area contributed by atoms with Crippen molar-refractivity contribution >= 4 is 19.3 Å². The average Bonchev–Trinajstić information content (AvgIpc) is 1.66. The topological polar surface area (TPSA) is 38.7 Å². The lowest BCUT2D eigenvalue weighted by Gasteiger charge is -2.02. The molecule has 50 valence electrons. The zero-order chi connectivity index (χ0) is 6.41. The standard InChI is InChI=1S/C3H12O3Si2/c1-3-5-7-6-8(2)4/h4,8H,3,7H2,1-2H3. The van der Waals surface area contributed by atoms with E-state index in [1.807, 2.05) is 6.92 Å². The third-order valence-electron chi connectivity index (χ3n) is 0.597. The van der Waals surface area contributed by atoms with Crippen LogP contribution in [-0.4, -0.2) is 30.7 Å². The van der Waals surface area contributed by atoms with Crippen molar-refractivity contribution in [3.63, 3.8) is 0 Å². The summed E-state index contributed by atoms with van der Waals surface area (Å²) in [5, 5.41) is 0. The fraction of sp³-hybridized carbons (Fsp3) is 1.00. The van der Waals surface area contributed by atoms with E-state index in [1.165, 1.54) is 0 Å². The van der Waals surface area contributed by atoms with Gasteiger partial charge in [-0.25, -0.2) is 0 Å². The van der Waals surface area contributed by atoms with Gasteiger partial charge in [0, 0.05) is 6.61 Å². The van der Waals surface area contributed by atoms with Gasteiger partial charge in [0.05, 0.1) is 0 Å². The Balaban J connectivity index is 2.72. The summed E-state index contributed by atoms with van der Waals surface area (Å²) in [4.78, 5) is 8.65. The van der Waals surface area contributed by atoms with Crippen LogP contribution in [0.5, 0.6) is 0 Å². The van der Waals surface area contributed by atoms with Gasteiger partial charge in [0.1, 0.15) is 0 Å². The van der Waals surface area contributed by atoms with E-state index >= 15 is 0 Å². The number of rotatable bonds is 4. The van der Waals surface area contributed by atoms with Gasteiger partial charge in [-0.1, -0.05) is 0 Å². The van der Waals surface area contributed by atoms with E-state index in [9.17, 15) is 0 Å². The predicted octanol–water partition coefficient (Wildman–Crippen LogP) is -1.12. The molecular formula is C3H12O3Si2. The molecule has 0 aliphatic heterocycles. The zero-order valence-electron chi connectivity index (χ0n) is 5.26. The Morgan fingerprint density at radius 2 is 2.38 bits per heavy atom. The molecule has 0 bridgehead atoms. The van der Waals surface area contributed by atoms with Crippen molar-refractivity contribution in [1.82, 2.24) is 0 Å². The Labute approximate surface area is 53.5 Å². The molecule has 0 aromatic carbocycles. The minimum atomic E-state index is -1.77. The van der Waals surface area contributed by atoms with Crippen molar-refractivity contribution in [2.45, 2.75) is 13.5 Å². The van der Waals surface area contributed by atoms with Crippen LogP contribution in [-0.2, 0) is 8.54 Å². The highest BCUT2D eigenvalue weighted by molar-refractivity contribution is 6.48. The Kier molecular flexibility index (Phi) is 5.66. The van der Waals surface area contributed by atoms with E-state index in [2.05, 4.69) is 0 Å². The molecule has 5 heteroatoms. The first-order valence-electron chi connectivity index (χ1n) is 2.64. The molecule has 0 amide bonds.